The number of carbonyl (C=O) groups excluding carboxylic acids is 2. The summed E-state index contributed by atoms with van der Waals surface area (Å²) in [5.41, 5.74) is 1.52. The van der Waals surface area contributed by atoms with Gasteiger partial charge < -0.3 is 4.74 Å². The Kier molecular flexibility index (Phi) is 2.34. The van der Waals surface area contributed by atoms with Gasteiger partial charge in [0.2, 0.25) is 0 Å². The lowest BCUT2D eigenvalue weighted by atomic mass is 9.86. The molecule has 16 heavy (non-hydrogen) atoms. The Hall–Kier alpha value is -1.64. The van der Waals surface area contributed by atoms with Crippen LogP contribution in [0.25, 0.3) is 0 Å². The predicted octanol–water partition coefficient (Wildman–Crippen LogP) is 2.59. The molecule has 0 amide bonds. The minimum Gasteiger partial charge on any atom is -0.457 e. The minimum absolute atomic E-state index is 0.0370. The van der Waals surface area contributed by atoms with Gasteiger partial charge in [0.15, 0.2) is 5.78 Å². The molecule has 3 nitrogen and oxygen atoms in total. The molecule has 0 bridgehead atoms. The van der Waals surface area contributed by atoms with Gasteiger partial charge in [-0.15, -0.1) is 0 Å². The fourth-order valence-electron chi connectivity index (χ4n) is 1.69. The van der Waals surface area contributed by atoms with Gasteiger partial charge in [-0.3, -0.25) is 4.79 Å². The first-order chi connectivity index (χ1) is 7.39. The first-order valence-corrected chi connectivity index (χ1v) is 5.24. The smallest absolute Gasteiger partial charge is 0.338 e. The molecule has 0 unspecified atom stereocenters. The Balaban J connectivity index is 2.43. The summed E-state index contributed by atoms with van der Waals surface area (Å²) in [4.78, 5) is 23.4. The van der Waals surface area contributed by atoms with E-state index in [0.717, 1.165) is 5.56 Å². The summed E-state index contributed by atoms with van der Waals surface area (Å²) < 4.78 is 4.89. The number of cyclic esters (lactones) is 1. The lowest BCUT2D eigenvalue weighted by Gasteiger charge is -2.16. The molecule has 3 heteroatoms. The molecule has 0 N–H and O–H groups in total. The quantitative estimate of drug-likeness (QED) is 0.537. The largest absolute Gasteiger partial charge is 0.457 e. The molecule has 0 radical (unpaired) electrons. The van der Waals surface area contributed by atoms with E-state index in [1.165, 1.54) is 0 Å². The maximum atomic E-state index is 12.0. The molecule has 0 atom stereocenters. The summed E-state index contributed by atoms with van der Waals surface area (Å²) >= 11 is 0. The fourth-order valence-corrected chi connectivity index (χ4v) is 1.69. The summed E-state index contributed by atoms with van der Waals surface area (Å²) in [5, 5.41) is 0. The van der Waals surface area contributed by atoms with Gasteiger partial charge in [-0.25, -0.2) is 4.79 Å². The standard InChI is InChI=1S/C13H14O3/c1-13(2,3)11(14)8-4-5-9-7-16-12(15)10(9)6-8/h4-6H,7H2,1-3H3. The molecule has 0 spiro atoms. The van der Waals surface area contributed by atoms with Gasteiger partial charge >= 0.3 is 5.97 Å². The van der Waals surface area contributed by atoms with Crippen LogP contribution in [0.3, 0.4) is 0 Å². The monoisotopic (exact) mass is 218 g/mol. The van der Waals surface area contributed by atoms with Crippen LogP contribution >= 0.6 is 0 Å². The number of fused-ring (bicyclic) bond motifs is 1. The molecule has 2 rings (SSSR count). The number of hydrogen-bond donors (Lipinski definition) is 0. The average Bonchev–Trinajstić information content (AvgIpc) is 2.58. The number of hydrogen-bond acceptors (Lipinski definition) is 3. The van der Waals surface area contributed by atoms with Crippen molar-refractivity contribution < 1.29 is 14.3 Å². The van der Waals surface area contributed by atoms with Gasteiger partial charge in [0, 0.05) is 16.5 Å². The average molecular weight is 218 g/mol. The Morgan fingerprint density at radius 3 is 2.62 bits per heavy atom. The topological polar surface area (TPSA) is 43.4 Å². The molecule has 1 heterocycles. The van der Waals surface area contributed by atoms with Crippen molar-refractivity contribution in [2.24, 2.45) is 5.41 Å². The van der Waals surface area contributed by atoms with E-state index < -0.39 is 5.41 Å². The van der Waals surface area contributed by atoms with Crippen molar-refractivity contribution in [3.05, 3.63) is 34.9 Å². The molecule has 0 aromatic heterocycles. The van der Waals surface area contributed by atoms with E-state index in [-0.39, 0.29) is 11.8 Å². The van der Waals surface area contributed by atoms with Crippen LogP contribution in [0.5, 0.6) is 0 Å². The summed E-state index contributed by atoms with van der Waals surface area (Å²) in [6.07, 6.45) is 0. The molecule has 0 saturated heterocycles. The second-order valence-corrected chi connectivity index (χ2v) is 5.03. The summed E-state index contributed by atoms with van der Waals surface area (Å²) in [6.45, 7) is 5.90. The van der Waals surface area contributed by atoms with Crippen molar-refractivity contribution in [3.63, 3.8) is 0 Å². The van der Waals surface area contributed by atoms with Crippen LogP contribution in [0, 0.1) is 5.41 Å². The zero-order chi connectivity index (χ0) is 11.9. The van der Waals surface area contributed by atoms with E-state index in [9.17, 15) is 9.59 Å². The van der Waals surface area contributed by atoms with Gasteiger partial charge in [-0.1, -0.05) is 32.9 Å². The molecule has 0 fully saturated rings. The van der Waals surface area contributed by atoms with Gasteiger partial charge in [0.25, 0.3) is 0 Å². The molecule has 1 aliphatic rings. The molecule has 0 aliphatic carbocycles. The Morgan fingerprint density at radius 1 is 1.31 bits per heavy atom. The lowest BCUT2D eigenvalue weighted by Crippen LogP contribution is -2.20. The summed E-state index contributed by atoms with van der Waals surface area (Å²) in [5.74, 6) is -0.298. The van der Waals surface area contributed by atoms with Crippen LogP contribution in [-0.2, 0) is 11.3 Å². The van der Waals surface area contributed by atoms with Crippen LogP contribution < -0.4 is 0 Å². The number of carbonyl (C=O) groups is 2. The molecular weight excluding hydrogens is 204 g/mol. The minimum atomic E-state index is -0.434. The van der Waals surface area contributed by atoms with E-state index in [1.54, 1.807) is 18.2 Å². The summed E-state index contributed by atoms with van der Waals surface area (Å²) in [6, 6.07) is 5.19. The van der Waals surface area contributed by atoms with Gasteiger partial charge in [0.1, 0.15) is 6.61 Å². The predicted molar refractivity (Wildman–Crippen MR) is 59.3 cm³/mol. The molecule has 1 aromatic rings. The second kappa shape index (κ2) is 3.44. The van der Waals surface area contributed by atoms with E-state index in [0.29, 0.717) is 17.7 Å². The Labute approximate surface area is 94.4 Å². The van der Waals surface area contributed by atoms with Crippen molar-refractivity contribution in [2.75, 3.05) is 0 Å². The molecular formula is C13H14O3. The maximum Gasteiger partial charge on any atom is 0.338 e. The van der Waals surface area contributed by atoms with Crippen molar-refractivity contribution >= 4 is 11.8 Å². The molecule has 1 aliphatic heterocycles. The highest BCUT2D eigenvalue weighted by Gasteiger charge is 2.26. The zero-order valence-electron chi connectivity index (χ0n) is 9.66. The van der Waals surface area contributed by atoms with Gasteiger partial charge in [-0.05, 0) is 6.07 Å². The third kappa shape index (κ3) is 1.73. The van der Waals surface area contributed by atoms with Crippen LogP contribution in [0.4, 0.5) is 0 Å². The molecule has 0 saturated carbocycles. The van der Waals surface area contributed by atoms with E-state index >= 15 is 0 Å². The highest BCUT2D eigenvalue weighted by molar-refractivity contribution is 6.03. The van der Waals surface area contributed by atoms with Crippen LogP contribution in [0.2, 0.25) is 0 Å². The highest BCUT2D eigenvalue weighted by Crippen LogP contribution is 2.25. The van der Waals surface area contributed by atoms with Crippen LogP contribution in [-0.4, -0.2) is 11.8 Å². The number of esters is 1. The number of rotatable bonds is 1. The number of ether oxygens (including phenoxy) is 1. The SMILES string of the molecule is CC(C)(C)C(=O)c1ccc2c(c1)C(=O)OC2. The third-order valence-corrected chi connectivity index (χ3v) is 2.63. The van der Waals surface area contributed by atoms with Crippen molar-refractivity contribution in [1.82, 2.24) is 0 Å². The lowest BCUT2D eigenvalue weighted by molar-refractivity contribution is 0.0535. The Morgan fingerprint density at radius 2 is 2.00 bits per heavy atom. The highest BCUT2D eigenvalue weighted by atomic mass is 16.5. The van der Waals surface area contributed by atoms with Crippen molar-refractivity contribution in [3.8, 4) is 0 Å². The fraction of sp³-hybridized carbons (Fsp3) is 0.385. The van der Waals surface area contributed by atoms with E-state index in [4.69, 9.17) is 4.74 Å². The second-order valence-electron chi connectivity index (χ2n) is 5.03. The van der Waals surface area contributed by atoms with Crippen LogP contribution in [0.1, 0.15) is 47.1 Å². The molecule has 84 valence electrons. The van der Waals surface area contributed by atoms with E-state index in [1.807, 2.05) is 20.8 Å². The number of Topliss-reactive ketones (excluding diaryl/α,β-unsaturated/α-hetero) is 1. The Bertz CT molecular complexity index is 467. The first kappa shape index (κ1) is 10.9. The van der Waals surface area contributed by atoms with Gasteiger partial charge in [-0.2, -0.15) is 0 Å². The normalized spacial score (nSPS) is 14.6. The van der Waals surface area contributed by atoms with Crippen molar-refractivity contribution in [2.45, 2.75) is 27.4 Å². The first-order valence-electron chi connectivity index (χ1n) is 5.24. The summed E-state index contributed by atoms with van der Waals surface area (Å²) in [7, 11) is 0. The third-order valence-electron chi connectivity index (χ3n) is 2.63. The number of benzene rings is 1. The number of ketones is 1. The van der Waals surface area contributed by atoms with Gasteiger partial charge in [0.05, 0.1) is 5.56 Å². The maximum absolute atomic E-state index is 12.0. The molecule has 1 aromatic carbocycles. The van der Waals surface area contributed by atoms with Crippen LogP contribution in [0.15, 0.2) is 18.2 Å². The van der Waals surface area contributed by atoms with Crippen molar-refractivity contribution in [1.29, 1.82) is 0 Å². The zero-order valence-corrected chi connectivity index (χ0v) is 9.66. The van der Waals surface area contributed by atoms with E-state index in [2.05, 4.69) is 0 Å².